The van der Waals surface area contributed by atoms with E-state index in [9.17, 15) is 9.59 Å². The Hall–Kier alpha value is -2.57. The van der Waals surface area contributed by atoms with Crippen molar-refractivity contribution >= 4 is 40.9 Å². The SMILES string of the molecule is C/C=C/Cl.C/C=C\CNC(=O)NCC(=O)N(CC)CC.C=C.CC.CC(=N)c1ccc(Cl)cc1. The van der Waals surface area contributed by atoms with E-state index in [1.807, 2.05) is 65.8 Å². The number of carbonyl (C=O) groups is 2. The van der Waals surface area contributed by atoms with Gasteiger partial charge in [0.25, 0.3) is 0 Å². The maximum absolute atomic E-state index is 11.5. The first kappa shape index (κ1) is 38.7. The number of nitrogens with one attached hydrogen (secondary N) is 3. The minimum Gasteiger partial charge on any atom is -0.342 e. The molecule has 8 heteroatoms. The summed E-state index contributed by atoms with van der Waals surface area (Å²) in [5.74, 6) is -0.0637. The summed E-state index contributed by atoms with van der Waals surface area (Å²) in [6, 6.07) is 6.93. The highest BCUT2D eigenvalue weighted by Crippen LogP contribution is 2.09. The summed E-state index contributed by atoms with van der Waals surface area (Å²) in [5.41, 5.74) is 2.96. The number of nitrogens with zero attached hydrogens (tertiary/aromatic N) is 1. The molecule has 0 fully saturated rings. The molecule has 0 aliphatic rings. The molecule has 0 radical (unpaired) electrons. The van der Waals surface area contributed by atoms with Gasteiger partial charge in [-0.05, 0) is 57.9 Å². The van der Waals surface area contributed by atoms with E-state index in [1.54, 1.807) is 30.0 Å². The zero-order valence-corrected chi connectivity index (χ0v) is 23.4. The van der Waals surface area contributed by atoms with Crippen molar-refractivity contribution in [3.05, 3.63) is 71.8 Å². The van der Waals surface area contributed by atoms with E-state index in [0.717, 1.165) is 5.56 Å². The molecule has 0 aliphatic carbocycles. The van der Waals surface area contributed by atoms with Gasteiger partial charge in [-0.15, -0.1) is 13.2 Å². The smallest absolute Gasteiger partial charge is 0.315 e. The lowest BCUT2D eigenvalue weighted by atomic mass is 10.1. The highest BCUT2D eigenvalue weighted by Gasteiger charge is 2.09. The second kappa shape index (κ2) is 30.4. The van der Waals surface area contributed by atoms with E-state index in [1.165, 1.54) is 5.54 Å². The van der Waals surface area contributed by atoms with Crippen LogP contribution in [0, 0.1) is 5.41 Å². The number of likely N-dealkylation sites (N-methyl/N-ethyl adjacent to an activating group) is 1. The van der Waals surface area contributed by atoms with Gasteiger partial charge in [-0.25, -0.2) is 4.79 Å². The van der Waals surface area contributed by atoms with Crippen molar-refractivity contribution in [2.24, 2.45) is 0 Å². The van der Waals surface area contributed by atoms with Crippen LogP contribution >= 0.6 is 23.2 Å². The Kier molecular flexibility index (Phi) is 34.6. The molecule has 0 spiro atoms. The molecule has 3 amide bonds. The van der Waals surface area contributed by atoms with Gasteiger partial charge >= 0.3 is 6.03 Å². The van der Waals surface area contributed by atoms with Gasteiger partial charge in [-0.1, -0.05) is 67.4 Å². The lowest BCUT2D eigenvalue weighted by molar-refractivity contribution is -0.129. The Bertz CT molecular complexity index is 683. The van der Waals surface area contributed by atoms with Crippen LogP contribution in [0.4, 0.5) is 4.79 Å². The minimum absolute atomic E-state index is 0.0450. The number of benzene rings is 1. The number of rotatable bonds is 7. The van der Waals surface area contributed by atoms with Gasteiger partial charge < -0.3 is 20.9 Å². The number of carbonyl (C=O) groups excluding carboxylic acids is 2. The third-order valence-electron chi connectivity index (χ3n) is 3.54. The predicted octanol–water partition coefficient (Wildman–Crippen LogP) is 7.05. The first-order valence-corrected chi connectivity index (χ1v) is 12.0. The molecule has 3 N–H and O–H groups in total. The molecule has 0 bridgehead atoms. The molecule has 194 valence electrons. The van der Waals surface area contributed by atoms with Gasteiger partial charge in [-0.2, -0.15) is 0 Å². The van der Waals surface area contributed by atoms with Crippen LogP contribution in [0.1, 0.15) is 54.0 Å². The van der Waals surface area contributed by atoms with E-state index >= 15 is 0 Å². The predicted molar refractivity (Wildman–Crippen MR) is 151 cm³/mol. The molecule has 1 aromatic carbocycles. The summed E-state index contributed by atoms with van der Waals surface area (Å²) in [6.45, 7) is 21.2. The summed E-state index contributed by atoms with van der Waals surface area (Å²) in [5, 5.41) is 13.1. The first-order chi connectivity index (χ1) is 16.3. The molecule has 1 rings (SSSR count). The maximum atomic E-state index is 11.5. The fourth-order valence-corrected chi connectivity index (χ4v) is 2.00. The van der Waals surface area contributed by atoms with Gasteiger partial charge in [0.15, 0.2) is 0 Å². The van der Waals surface area contributed by atoms with Crippen molar-refractivity contribution in [1.82, 2.24) is 15.5 Å². The zero-order chi connectivity index (χ0) is 27.4. The number of halogens is 2. The van der Waals surface area contributed by atoms with Crippen molar-refractivity contribution < 1.29 is 9.59 Å². The molecule has 0 unspecified atom stereocenters. The van der Waals surface area contributed by atoms with Crippen LogP contribution in [0.2, 0.25) is 5.02 Å². The Morgan fingerprint density at radius 2 is 1.50 bits per heavy atom. The monoisotopic (exact) mass is 514 g/mol. The van der Waals surface area contributed by atoms with Gasteiger partial charge in [0.1, 0.15) is 0 Å². The normalized spacial score (nSPS) is 8.97. The molecule has 0 heterocycles. The van der Waals surface area contributed by atoms with Crippen molar-refractivity contribution in [2.45, 2.75) is 48.5 Å². The third kappa shape index (κ3) is 25.7. The summed E-state index contributed by atoms with van der Waals surface area (Å²) in [7, 11) is 0. The average molecular weight is 516 g/mol. The van der Waals surface area contributed by atoms with Crippen molar-refractivity contribution in [1.29, 1.82) is 5.41 Å². The maximum Gasteiger partial charge on any atom is 0.315 e. The number of hydrogen-bond acceptors (Lipinski definition) is 3. The molecule has 0 saturated carbocycles. The van der Waals surface area contributed by atoms with Crippen LogP contribution in [0.3, 0.4) is 0 Å². The molecule has 0 atom stereocenters. The van der Waals surface area contributed by atoms with Crippen LogP contribution in [-0.4, -0.2) is 48.7 Å². The number of allylic oxidation sites excluding steroid dienone is 2. The van der Waals surface area contributed by atoms with E-state index < -0.39 is 0 Å². The van der Waals surface area contributed by atoms with E-state index in [4.69, 9.17) is 28.6 Å². The highest BCUT2D eigenvalue weighted by atomic mass is 35.5. The van der Waals surface area contributed by atoms with Crippen molar-refractivity contribution in [3.63, 3.8) is 0 Å². The summed E-state index contributed by atoms with van der Waals surface area (Å²) >= 11 is 10.7. The number of amides is 3. The Balaban J connectivity index is -0.000000212. The van der Waals surface area contributed by atoms with Gasteiger partial charge in [-0.3, -0.25) is 4.79 Å². The largest absolute Gasteiger partial charge is 0.342 e. The van der Waals surface area contributed by atoms with E-state index in [-0.39, 0.29) is 18.5 Å². The second-order valence-electron chi connectivity index (χ2n) is 5.79. The summed E-state index contributed by atoms with van der Waals surface area (Å²) in [4.78, 5) is 24.4. The van der Waals surface area contributed by atoms with Crippen LogP contribution < -0.4 is 10.6 Å². The standard InChI is InChI=1S/C11H21N3O2.C8H8ClN.C3H5Cl.C2H6.C2H4/c1-4-7-8-12-11(16)13-9-10(15)14(5-2)6-3;1-6(10)7-2-4-8(9)5-3-7;1-2-3-4;2*1-2/h4,7H,5-6,8-9H2,1-3H3,(H2,12,13,16);2-5,10H,1H3;2-3H,1H3;1-2H3;1-2H2/b7-4-;;3-2+;;. The quantitative estimate of drug-likeness (QED) is 0.269. The van der Waals surface area contributed by atoms with Crippen LogP contribution in [0.25, 0.3) is 0 Å². The fourth-order valence-electron chi connectivity index (χ4n) is 1.88. The zero-order valence-electron chi connectivity index (χ0n) is 21.9. The Morgan fingerprint density at radius 1 is 1.03 bits per heavy atom. The van der Waals surface area contributed by atoms with Crippen molar-refractivity contribution in [3.8, 4) is 0 Å². The molecule has 1 aromatic rings. The van der Waals surface area contributed by atoms with Gasteiger partial charge in [0, 0.05) is 30.4 Å². The average Bonchev–Trinajstić information content (AvgIpc) is 2.87. The Morgan fingerprint density at radius 3 is 1.85 bits per heavy atom. The Labute approximate surface area is 217 Å². The van der Waals surface area contributed by atoms with Crippen LogP contribution in [0.15, 0.2) is 61.2 Å². The fraction of sp³-hybridized carbons (Fsp3) is 0.423. The molecular weight excluding hydrogens is 471 g/mol. The molecule has 6 nitrogen and oxygen atoms in total. The lowest BCUT2D eigenvalue weighted by Gasteiger charge is -2.18. The summed E-state index contributed by atoms with van der Waals surface area (Å²) < 4.78 is 0. The van der Waals surface area contributed by atoms with Gasteiger partial charge in [0.05, 0.1) is 6.54 Å². The van der Waals surface area contributed by atoms with E-state index in [0.29, 0.717) is 30.4 Å². The topological polar surface area (TPSA) is 85.3 Å². The minimum atomic E-state index is -0.321. The van der Waals surface area contributed by atoms with Crippen LogP contribution in [-0.2, 0) is 4.79 Å². The highest BCUT2D eigenvalue weighted by molar-refractivity contribution is 6.30. The van der Waals surface area contributed by atoms with E-state index in [2.05, 4.69) is 23.8 Å². The first-order valence-electron chi connectivity index (χ1n) is 11.2. The molecule has 0 saturated heterocycles. The van der Waals surface area contributed by atoms with Crippen molar-refractivity contribution in [2.75, 3.05) is 26.2 Å². The molecule has 34 heavy (non-hydrogen) atoms. The lowest BCUT2D eigenvalue weighted by Crippen LogP contribution is -2.43. The second-order valence-corrected chi connectivity index (χ2v) is 6.48. The van der Waals surface area contributed by atoms with Gasteiger partial charge in [0.2, 0.25) is 5.91 Å². The number of hydrogen-bond donors (Lipinski definition) is 3. The summed E-state index contributed by atoms with van der Waals surface area (Å²) in [6.07, 6.45) is 5.44. The number of urea groups is 1. The molecule has 0 aliphatic heterocycles. The molecule has 0 aromatic heterocycles. The third-order valence-corrected chi connectivity index (χ3v) is 4.04. The molecular formula is C26H44Cl2N4O2. The van der Waals surface area contributed by atoms with Crippen LogP contribution in [0.5, 0.6) is 0 Å².